The number of nitrogens with zero attached hydrogens (tertiary/aromatic N) is 1. The van der Waals surface area contributed by atoms with Crippen LogP contribution in [0, 0.1) is 0 Å². The predicted octanol–water partition coefficient (Wildman–Crippen LogP) is 2.50. The van der Waals surface area contributed by atoms with Crippen molar-refractivity contribution in [3.05, 3.63) is 52.3 Å². The number of carbonyl (C=O) groups is 2. The van der Waals surface area contributed by atoms with Crippen LogP contribution in [-0.2, 0) is 4.79 Å². The zero-order chi connectivity index (χ0) is 16.1. The first-order valence-corrected chi connectivity index (χ1v) is 6.85. The van der Waals surface area contributed by atoms with E-state index in [2.05, 4.69) is 10.3 Å². The van der Waals surface area contributed by atoms with Crippen molar-refractivity contribution < 1.29 is 14.3 Å². The van der Waals surface area contributed by atoms with Gasteiger partial charge in [-0.3, -0.25) is 9.59 Å². The van der Waals surface area contributed by atoms with Gasteiger partial charge in [0.1, 0.15) is 10.9 Å². The number of nitrogens with two attached hydrogens (primary N) is 1. The second-order valence-corrected chi connectivity index (χ2v) is 5.00. The van der Waals surface area contributed by atoms with Crippen LogP contribution in [0.25, 0.3) is 0 Å². The van der Waals surface area contributed by atoms with Gasteiger partial charge in [0.05, 0.1) is 10.6 Å². The van der Waals surface area contributed by atoms with Gasteiger partial charge in [0.2, 0.25) is 0 Å². The lowest BCUT2D eigenvalue weighted by Crippen LogP contribution is -2.20. The molecule has 2 aromatic rings. The molecule has 3 N–H and O–H groups in total. The molecule has 0 unspecified atom stereocenters. The van der Waals surface area contributed by atoms with Gasteiger partial charge in [-0.1, -0.05) is 23.2 Å². The quantitative estimate of drug-likeness (QED) is 0.818. The molecule has 114 valence electrons. The molecule has 2 rings (SSSR count). The molecule has 1 aromatic carbocycles. The maximum absolute atomic E-state index is 12.0. The molecule has 0 atom stereocenters. The number of hydrogen-bond donors (Lipinski definition) is 2. The third-order valence-electron chi connectivity index (χ3n) is 2.55. The molecular formula is C14H11Cl2N3O3. The number of aromatic nitrogens is 1. The number of ether oxygens (including phenoxy) is 1. The molecular weight excluding hydrogens is 329 g/mol. The first kappa shape index (κ1) is 16.1. The van der Waals surface area contributed by atoms with Gasteiger partial charge in [0, 0.05) is 11.9 Å². The highest BCUT2D eigenvalue weighted by Gasteiger charge is 2.09. The lowest BCUT2D eigenvalue weighted by molar-refractivity contribution is -0.119. The zero-order valence-electron chi connectivity index (χ0n) is 11.2. The molecule has 2 amide bonds. The van der Waals surface area contributed by atoms with Crippen LogP contribution in [0.15, 0.2) is 36.5 Å². The molecule has 6 nitrogen and oxygen atoms in total. The first-order chi connectivity index (χ1) is 10.5. The Kier molecular flexibility index (Phi) is 5.19. The number of primary amides is 1. The summed E-state index contributed by atoms with van der Waals surface area (Å²) in [6.07, 6.45) is 1.33. The van der Waals surface area contributed by atoms with Crippen LogP contribution in [-0.4, -0.2) is 23.4 Å². The van der Waals surface area contributed by atoms with E-state index in [1.54, 1.807) is 24.3 Å². The number of anilines is 1. The van der Waals surface area contributed by atoms with Crippen LogP contribution in [0.3, 0.4) is 0 Å². The van der Waals surface area contributed by atoms with Crippen molar-refractivity contribution in [1.29, 1.82) is 0 Å². The Morgan fingerprint density at radius 1 is 1.23 bits per heavy atom. The largest absolute Gasteiger partial charge is 0.484 e. The second kappa shape index (κ2) is 7.11. The van der Waals surface area contributed by atoms with Gasteiger partial charge in [0.15, 0.2) is 6.61 Å². The summed E-state index contributed by atoms with van der Waals surface area (Å²) >= 11 is 11.5. The first-order valence-electron chi connectivity index (χ1n) is 6.09. The molecule has 8 heteroatoms. The highest BCUT2D eigenvalue weighted by atomic mass is 35.5. The maximum atomic E-state index is 12.0. The van der Waals surface area contributed by atoms with Crippen molar-refractivity contribution in [3.8, 4) is 5.75 Å². The molecule has 1 aromatic heterocycles. The number of nitrogens with one attached hydrogen (secondary N) is 1. The number of benzene rings is 1. The van der Waals surface area contributed by atoms with E-state index in [1.807, 2.05) is 0 Å². The fraction of sp³-hybridized carbons (Fsp3) is 0.0714. The Morgan fingerprint density at radius 2 is 1.91 bits per heavy atom. The van der Waals surface area contributed by atoms with Crippen molar-refractivity contribution in [2.45, 2.75) is 0 Å². The van der Waals surface area contributed by atoms with E-state index in [4.69, 9.17) is 33.7 Å². The molecule has 0 aliphatic heterocycles. The normalized spacial score (nSPS) is 10.1. The molecule has 0 saturated heterocycles. The van der Waals surface area contributed by atoms with Crippen molar-refractivity contribution in [2.24, 2.45) is 5.73 Å². The average Bonchev–Trinajstić information content (AvgIpc) is 2.49. The Bertz CT molecular complexity index is 705. The van der Waals surface area contributed by atoms with E-state index >= 15 is 0 Å². The van der Waals surface area contributed by atoms with Gasteiger partial charge < -0.3 is 15.8 Å². The fourth-order valence-corrected chi connectivity index (χ4v) is 1.81. The molecule has 0 bridgehead atoms. The SMILES string of the molecule is NC(=O)COc1ccc(NC(=O)c2cnc(Cl)c(Cl)c2)cc1. The molecule has 1 heterocycles. The summed E-state index contributed by atoms with van der Waals surface area (Å²) in [4.78, 5) is 26.4. The Hall–Kier alpha value is -2.31. The molecule has 0 radical (unpaired) electrons. The van der Waals surface area contributed by atoms with Crippen LogP contribution in [0.1, 0.15) is 10.4 Å². The molecule has 22 heavy (non-hydrogen) atoms. The molecule has 0 aliphatic carbocycles. The van der Waals surface area contributed by atoms with Gasteiger partial charge in [-0.2, -0.15) is 0 Å². The lowest BCUT2D eigenvalue weighted by Gasteiger charge is -2.07. The van der Waals surface area contributed by atoms with Crippen molar-refractivity contribution >= 4 is 40.7 Å². The van der Waals surface area contributed by atoms with E-state index in [9.17, 15) is 9.59 Å². The van der Waals surface area contributed by atoms with Crippen molar-refractivity contribution in [3.63, 3.8) is 0 Å². The third-order valence-corrected chi connectivity index (χ3v) is 3.24. The highest BCUT2D eigenvalue weighted by Crippen LogP contribution is 2.21. The van der Waals surface area contributed by atoms with E-state index in [-0.39, 0.29) is 28.3 Å². The Morgan fingerprint density at radius 3 is 2.50 bits per heavy atom. The summed E-state index contributed by atoms with van der Waals surface area (Å²) in [6.45, 7) is -0.208. The average molecular weight is 340 g/mol. The standard InChI is InChI=1S/C14H11Cl2N3O3/c15-11-5-8(6-18-13(11)16)14(21)19-9-1-3-10(4-2-9)22-7-12(17)20/h1-6H,7H2,(H2,17,20)(H,19,21). The van der Waals surface area contributed by atoms with Crippen LogP contribution < -0.4 is 15.8 Å². The smallest absolute Gasteiger partial charge is 0.257 e. The third kappa shape index (κ3) is 4.34. The molecule has 0 aliphatic rings. The van der Waals surface area contributed by atoms with Crippen LogP contribution in [0.5, 0.6) is 5.75 Å². The number of carbonyl (C=O) groups excluding carboxylic acids is 2. The summed E-state index contributed by atoms with van der Waals surface area (Å²) in [5, 5.41) is 3.00. The number of rotatable bonds is 5. The minimum absolute atomic E-state index is 0.133. The maximum Gasteiger partial charge on any atom is 0.257 e. The van der Waals surface area contributed by atoms with Crippen molar-refractivity contribution in [2.75, 3.05) is 11.9 Å². The van der Waals surface area contributed by atoms with Crippen LogP contribution >= 0.6 is 23.2 Å². The highest BCUT2D eigenvalue weighted by molar-refractivity contribution is 6.41. The number of halogens is 2. The summed E-state index contributed by atoms with van der Waals surface area (Å²) in [7, 11) is 0. The summed E-state index contributed by atoms with van der Waals surface area (Å²) in [5.74, 6) is -0.477. The monoisotopic (exact) mass is 339 g/mol. The van der Waals surface area contributed by atoms with Crippen LogP contribution in [0.2, 0.25) is 10.2 Å². The topological polar surface area (TPSA) is 94.3 Å². The van der Waals surface area contributed by atoms with E-state index < -0.39 is 5.91 Å². The molecule has 0 fully saturated rings. The lowest BCUT2D eigenvalue weighted by atomic mass is 10.2. The minimum Gasteiger partial charge on any atom is -0.484 e. The summed E-state index contributed by atoms with van der Waals surface area (Å²) in [6, 6.07) is 7.88. The number of hydrogen-bond acceptors (Lipinski definition) is 4. The number of pyridine rings is 1. The van der Waals surface area contributed by atoms with Gasteiger partial charge in [-0.15, -0.1) is 0 Å². The van der Waals surface area contributed by atoms with Gasteiger partial charge in [-0.05, 0) is 30.3 Å². The van der Waals surface area contributed by atoms with Gasteiger partial charge in [0.25, 0.3) is 11.8 Å². The van der Waals surface area contributed by atoms with Crippen molar-refractivity contribution in [1.82, 2.24) is 4.98 Å². The Balaban J connectivity index is 2.02. The van der Waals surface area contributed by atoms with E-state index in [0.29, 0.717) is 11.4 Å². The van der Waals surface area contributed by atoms with E-state index in [0.717, 1.165) is 0 Å². The van der Waals surface area contributed by atoms with Crippen LogP contribution in [0.4, 0.5) is 5.69 Å². The fourth-order valence-electron chi connectivity index (χ4n) is 1.54. The van der Waals surface area contributed by atoms with Gasteiger partial charge >= 0.3 is 0 Å². The predicted molar refractivity (Wildman–Crippen MR) is 83.3 cm³/mol. The zero-order valence-corrected chi connectivity index (χ0v) is 12.7. The molecule has 0 saturated carbocycles. The van der Waals surface area contributed by atoms with Gasteiger partial charge in [-0.25, -0.2) is 4.98 Å². The summed E-state index contributed by atoms with van der Waals surface area (Å²) in [5.41, 5.74) is 5.80. The Labute approximate surface area is 136 Å². The van der Waals surface area contributed by atoms with E-state index in [1.165, 1.54) is 12.3 Å². The summed E-state index contributed by atoms with van der Waals surface area (Å²) < 4.78 is 5.11. The second-order valence-electron chi connectivity index (χ2n) is 4.23. The number of amides is 2. The minimum atomic E-state index is -0.565. The molecule has 0 spiro atoms.